The van der Waals surface area contributed by atoms with Crippen LogP contribution in [0.25, 0.3) is 5.76 Å². The number of carbonyl (C=O) groups is 2. The highest BCUT2D eigenvalue weighted by molar-refractivity contribution is 6.51. The van der Waals surface area contributed by atoms with Crippen molar-refractivity contribution in [2.24, 2.45) is 0 Å². The number of ether oxygens (including phenoxy) is 3. The first-order valence-electron chi connectivity index (χ1n) is 10.7. The van der Waals surface area contributed by atoms with Crippen molar-refractivity contribution in [1.29, 1.82) is 0 Å². The second-order valence-corrected chi connectivity index (χ2v) is 8.32. The minimum atomic E-state index is -0.894. The number of methoxy groups -OCH3 is 3. The number of aliphatic hydroxyl groups excluding tert-OH is 1. The van der Waals surface area contributed by atoms with Crippen molar-refractivity contribution in [1.82, 2.24) is 0 Å². The van der Waals surface area contributed by atoms with Crippen LogP contribution in [0.15, 0.2) is 66.2 Å². The van der Waals surface area contributed by atoms with Gasteiger partial charge < -0.3 is 19.3 Å². The molecule has 35 heavy (non-hydrogen) atoms. The molecule has 0 radical (unpaired) electrons. The Morgan fingerprint density at radius 2 is 1.63 bits per heavy atom. The molecular weight excluding hydrogens is 470 g/mol. The van der Waals surface area contributed by atoms with E-state index < -0.39 is 23.5 Å². The summed E-state index contributed by atoms with van der Waals surface area (Å²) in [5.41, 5.74) is 2.10. The molecular formula is C27H24ClNO6. The maximum atomic E-state index is 13.4. The Bertz CT molecular complexity index is 1350. The fraction of sp³-hybridized carbons (Fsp3) is 0.185. The van der Waals surface area contributed by atoms with Gasteiger partial charge in [0.05, 0.1) is 43.5 Å². The third-order valence-electron chi connectivity index (χ3n) is 5.99. The van der Waals surface area contributed by atoms with Crippen LogP contribution in [0.3, 0.4) is 0 Å². The number of hydrogen-bond donors (Lipinski definition) is 1. The lowest BCUT2D eigenvalue weighted by atomic mass is 9.92. The fourth-order valence-electron chi connectivity index (χ4n) is 4.24. The van der Waals surface area contributed by atoms with Gasteiger partial charge in [-0.15, -0.1) is 0 Å². The summed E-state index contributed by atoms with van der Waals surface area (Å²) >= 11 is 6.23. The van der Waals surface area contributed by atoms with Crippen molar-refractivity contribution in [3.8, 4) is 17.2 Å². The van der Waals surface area contributed by atoms with Gasteiger partial charge in [0, 0.05) is 17.8 Å². The van der Waals surface area contributed by atoms with Crippen LogP contribution in [0.2, 0.25) is 5.02 Å². The molecule has 3 aromatic rings. The Morgan fingerprint density at radius 1 is 0.914 bits per heavy atom. The summed E-state index contributed by atoms with van der Waals surface area (Å²) in [5, 5.41) is 11.8. The molecule has 8 heteroatoms. The number of nitrogens with zero attached hydrogens (tertiary/aromatic N) is 1. The summed E-state index contributed by atoms with van der Waals surface area (Å²) in [6.07, 6.45) is 0. The number of rotatable bonds is 6. The topological polar surface area (TPSA) is 85.3 Å². The van der Waals surface area contributed by atoms with E-state index in [0.717, 1.165) is 5.56 Å². The first-order valence-corrected chi connectivity index (χ1v) is 11.1. The molecule has 3 aromatic carbocycles. The number of aliphatic hydroxyl groups is 1. The van der Waals surface area contributed by atoms with Gasteiger partial charge in [0.1, 0.15) is 23.0 Å². The summed E-state index contributed by atoms with van der Waals surface area (Å²) in [4.78, 5) is 28.2. The van der Waals surface area contributed by atoms with Crippen LogP contribution in [0.1, 0.15) is 22.7 Å². The van der Waals surface area contributed by atoms with Gasteiger partial charge >= 0.3 is 0 Å². The second kappa shape index (κ2) is 9.72. The van der Waals surface area contributed by atoms with Crippen LogP contribution in [0, 0.1) is 6.92 Å². The Labute approximate surface area is 208 Å². The van der Waals surface area contributed by atoms with Crippen molar-refractivity contribution in [3.63, 3.8) is 0 Å². The molecule has 1 heterocycles. The third-order valence-corrected chi connectivity index (χ3v) is 6.28. The molecule has 7 nitrogen and oxygen atoms in total. The van der Waals surface area contributed by atoms with E-state index in [0.29, 0.717) is 17.0 Å². The van der Waals surface area contributed by atoms with Gasteiger partial charge in [-0.3, -0.25) is 14.5 Å². The first kappa shape index (κ1) is 24.2. The Kier molecular flexibility index (Phi) is 6.71. The highest BCUT2D eigenvalue weighted by Gasteiger charge is 2.47. The van der Waals surface area contributed by atoms with E-state index in [9.17, 15) is 14.7 Å². The van der Waals surface area contributed by atoms with Gasteiger partial charge in [-0.25, -0.2) is 0 Å². The lowest BCUT2D eigenvalue weighted by Gasteiger charge is -2.27. The average Bonchev–Trinajstić information content (AvgIpc) is 3.13. The minimum absolute atomic E-state index is 0.0743. The third kappa shape index (κ3) is 4.19. The van der Waals surface area contributed by atoms with Crippen LogP contribution in [-0.2, 0) is 9.59 Å². The molecule has 1 aliphatic rings. The number of benzene rings is 3. The fourth-order valence-corrected chi connectivity index (χ4v) is 4.47. The molecule has 4 rings (SSSR count). The van der Waals surface area contributed by atoms with Gasteiger partial charge in [0.15, 0.2) is 0 Å². The predicted octanol–water partition coefficient (Wildman–Crippen LogP) is 5.30. The molecule has 1 amide bonds. The van der Waals surface area contributed by atoms with Gasteiger partial charge in [-0.05, 0) is 36.2 Å². The zero-order valence-corrected chi connectivity index (χ0v) is 20.4. The van der Waals surface area contributed by atoms with Crippen LogP contribution in [0.5, 0.6) is 17.2 Å². The molecule has 180 valence electrons. The minimum Gasteiger partial charge on any atom is -0.507 e. The number of halogens is 1. The summed E-state index contributed by atoms with van der Waals surface area (Å²) in [6.45, 7) is 1.88. The monoisotopic (exact) mass is 493 g/mol. The first-order chi connectivity index (χ1) is 16.8. The largest absolute Gasteiger partial charge is 0.507 e. The van der Waals surface area contributed by atoms with Gasteiger partial charge in [-0.2, -0.15) is 0 Å². The molecule has 1 atom stereocenters. The molecule has 1 aliphatic heterocycles. The van der Waals surface area contributed by atoms with E-state index in [1.165, 1.54) is 38.4 Å². The Hall–Kier alpha value is -3.97. The van der Waals surface area contributed by atoms with Crippen LogP contribution < -0.4 is 19.1 Å². The molecule has 0 bridgehead atoms. The average molecular weight is 494 g/mol. The van der Waals surface area contributed by atoms with Crippen molar-refractivity contribution < 1.29 is 28.9 Å². The molecule has 0 saturated carbocycles. The predicted molar refractivity (Wildman–Crippen MR) is 134 cm³/mol. The van der Waals surface area contributed by atoms with Crippen molar-refractivity contribution >= 4 is 34.7 Å². The highest BCUT2D eigenvalue weighted by Crippen LogP contribution is 2.45. The lowest BCUT2D eigenvalue weighted by molar-refractivity contribution is -0.132. The molecule has 0 spiro atoms. The lowest BCUT2D eigenvalue weighted by Crippen LogP contribution is -2.29. The quantitative estimate of drug-likeness (QED) is 0.285. The van der Waals surface area contributed by atoms with E-state index in [1.807, 2.05) is 31.2 Å². The SMILES string of the molecule is COc1cccc(N2C(=O)C(=O)/C(=C(/O)c3cc(OC)c(Cl)cc3OC)C2c2ccccc2C)c1. The summed E-state index contributed by atoms with van der Waals surface area (Å²) in [5.74, 6) is -0.957. The maximum Gasteiger partial charge on any atom is 0.300 e. The van der Waals surface area contributed by atoms with Crippen molar-refractivity contribution in [3.05, 3.63) is 87.9 Å². The number of ketones is 1. The number of hydrogen-bond acceptors (Lipinski definition) is 6. The molecule has 1 unspecified atom stereocenters. The van der Waals surface area contributed by atoms with Gasteiger partial charge in [0.25, 0.3) is 11.7 Å². The second-order valence-electron chi connectivity index (χ2n) is 7.91. The molecule has 0 aromatic heterocycles. The number of Topliss-reactive ketones (excluding diaryl/α,β-unsaturated/α-hetero) is 1. The standard InChI is InChI=1S/C27H24ClNO6/c1-15-8-5-6-11-18(15)24-23(25(30)19-13-22(35-4)20(28)14-21(19)34-3)26(31)27(32)29(24)16-9-7-10-17(12-16)33-2/h5-14,24,30H,1-4H3/b25-23+. The summed E-state index contributed by atoms with van der Waals surface area (Å²) in [7, 11) is 4.38. The maximum absolute atomic E-state index is 13.4. The summed E-state index contributed by atoms with van der Waals surface area (Å²) < 4.78 is 16.0. The zero-order chi connectivity index (χ0) is 25.3. The number of amides is 1. The van der Waals surface area contributed by atoms with Crippen LogP contribution in [0.4, 0.5) is 5.69 Å². The molecule has 1 fully saturated rings. The van der Waals surface area contributed by atoms with E-state index >= 15 is 0 Å². The summed E-state index contributed by atoms with van der Waals surface area (Å²) in [6, 6.07) is 16.3. The normalized spacial score (nSPS) is 16.9. The smallest absolute Gasteiger partial charge is 0.300 e. The van der Waals surface area contributed by atoms with E-state index in [-0.39, 0.29) is 27.7 Å². The highest BCUT2D eigenvalue weighted by atomic mass is 35.5. The number of carbonyl (C=O) groups excluding carboxylic acids is 2. The Balaban J connectivity index is 2.02. The molecule has 0 aliphatic carbocycles. The van der Waals surface area contributed by atoms with Crippen molar-refractivity contribution in [2.45, 2.75) is 13.0 Å². The van der Waals surface area contributed by atoms with Gasteiger partial charge in [0.2, 0.25) is 0 Å². The molecule has 1 N–H and O–H groups in total. The van der Waals surface area contributed by atoms with Crippen LogP contribution in [-0.4, -0.2) is 38.1 Å². The van der Waals surface area contributed by atoms with Gasteiger partial charge in [-0.1, -0.05) is 41.9 Å². The van der Waals surface area contributed by atoms with E-state index in [4.69, 9.17) is 25.8 Å². The van der Waals surface area contributed by atoms with E-state index in [2.05, 4.69) is 0 Å². The van der Waals surface area contributed by atoms with Crippen molar-refractivity contribution in [2.75, 3.05) is 26.2 Å². The Morgan fingerprint density at radius 3 is 2.29 bits per heavy atom. The van der Waals surface area contributed by atoms with Crippen LogP contribution >= 0.6 is 11.6 Å². The zero-order valence-electron chi connectivity index (χ0n) is 19.7. The van der Waals surface area contributed by atoms with E-state index in [1.54, 1.807) is 24.3 Å². The number of anilines is 1. The molecule has 1 saturated heterocycles. The number of aryl methyl sites for hydroxylation is 1.